The number of ketones is 2. The second-order valence-electron chi connectivity index (χ2n) is 20.8. The Morgan fingerprint density at radius 1 is 0.561 bits per heavy atom. The smallest absolute Gasteiger partial charge is 0.323 e. The minimum atomic E-state index is -0.704. The molecule has 0 spiro atoms. The van der Waals surface area contributed by atoms with Crippen molar-refractivity contribution in [2.75, 3.05) is 5.33 Å². The summed E-state index contributed by atoms with van der Waals surface area (Å²) in [6.45, 7) is 31.9. The highest BCUT2D eigenvalue weighted by Crippen LogP contribution is 2.41. The zero-order chi connectivity index (χ0) is 43.2. The van der Waals surface area contributed by atoms with E-state index in [0.717, 1.165) is 31.9 Å². The second-order valence-corrected chi connectivity index (χ2v) is 21.7. The summed E-state index contributed by atoms with van der Waals surface area (Å²) in [6, 6.07) is 0. The van der Waals surface area contributed by atoms with Crippen LogP contribution in [0.5, 0.6) is 0 Å². The van der Waals surface area contributed by atoms with Gasteiger partial charge in [-0.25, -0.2) is 0 Å². The van der Waals surface area contributed by atoms with Crippen LogP contribution >= 0.6 is 27.5 Å². The quantitative estimate of drug-likeness (QED) is 0.0899. The van der Waals surface area contributed by atoms with Crippen molar-refractivity contribution in [1.82, 2.24) is 0 Å². The minimum absolute atomic E-state index is 0. The molecular formula is C44H80BrClN2O9. The summed E-state index contributed by atoms with van der Waals surface area (Å²) in [4.78, 5) is 48.0. The molecule has 4 saturated heterocycles. The van der Waals surface area contributed by atoms with Gasteiger partial charge in [0.15, 0.2) is 0 Å². The molecule has 0 unspecified atom stereocenters. The highest BCUT2D eigenvalue weighted by atomic mass is 79.9. The van der Waals surface area contributed by atoms with Crippen LogP contribution in [0, 0.1) is 23.7 Å². The van der Waals surface area contributed by atoms with Crippen LogP contribution in [0.3, 0.4) is 0 Å². The van der Waals surface area contributed by atoms with Gasteiger partial charge in [0.05, 0.1) is 56.1 Å². The number of carboxylic acid groups (broad SMARTS) is 1. The number of alkyl halides is 1. The predicted molar refractivity (Wildman–Crippen MR) is 233 cm³/mol. The van der Waals surface area contributed by atoms with E-state index < -0.39 is 5.97 Å². The first-order valence-electron chi connectivity index (χ1n) is 19.5. The first-order chi connectivity index (χ1) is 24.5. The fourth-order valence-corrected chi connectivity index (χ4v) is 10.0. The summed E-state index contributed by atoms with van der Waals surface area (Å²) in [5.41, 5.74) is 6.28. The van der Waals surface area contributed by atoms with E-state index in [9.17, 15) is 19.2 Å². The van der Waals surface area contributed by atoms with Crippen molar-refractivity contribution >= 4 is 56.5 Å². The van der Waals surface area contributed by atoms with E-state index in [0.29, 0.717) is 36.8 Å². The van der Waals surface area contributed by atoms with Crippen molar-refractivity contribution in [3.8, 4) is 0 Å². The number of carbonyl (C=O) groups is 4. The van der Waals surface area contributed by atoms with E-state index in [-0.39, 0.29) is 94.4 Å². The third-order valence-corrected chi connectivity index (χ3v) is 10.8. The lowest BCUT2D eigenvalue weighted by atomic mass is 9.79. The van der Waals surface area contributed by atoms with Crippen LogP contribution in [-0.4, -0.2) is 89.0 Å². The third-order valence-electron chi connectivity index (χ3n) is 9.96. The number of hydrogen-bond donors (Lipinski definition) is 1. The van der Waals surface area contributed by atoms with Crippen LogP contribution in [0.15, 0.2) is 0 Å². The van der Waals surface area contributed by atoms with Crippen molar-refractivity contribution in [3.63, 3.8) is 0 Å². The lowest BCUT2D eigenvalue weighted by molar-refractivity contribution is -0.185. The molecule has 0 atom stereocenters. The number of hydrogen-bond acceptors (Lipinski definition) is 8. The summed E-state index contributed by atoms with van der Waals surface area (Å²) < 4.78 is 23.4. The summed E-state index contributed by atoms with van der Waals surface area (Å²) in [7, 11) is 0. The van der Waals surface area contributed by atoms with Gasteiger partial charge in [-0.1, -0.05) is 30.8 Å². The van der Waals surface area contributed by atoms with E-state index in [4.69, 9.17) is 41.2 Å². The van der Waals surface area contributed by atoms with Crippen molar-refractivity contribution in [1.29, 1.82) is 0 Å². The number of carboxylic acids is 1. The number of carbonyl (C=O) groups excluding carboxylic acids is 3. The van der Waals surface area contributed by atoms with Crippen molar-refractivity contribution in [2.45, 2.75) is 222 Å². The number of halogens is 2. The van der Waals surface area contributed by atoms with Crippen molar-refractivity contribution in [3.05, 3.63) is 5.53 Å². The number of aliphatic carboxylic acids is 1. The van der Waals surface area contributed by atoms with E-state index in [1.165, 1.54) is 0 Å². The third kappa shape index (κ3) is 21.5. The van der Waals surface area contributed by atoms with Crippen LogP contribution in [0.1, 0.15) is 177 Å². The molecule has 0 aromatic heterocycles. The minimum Gasteiger partial charge on any atom is -0.481 e. The molecule has 4 heterocycles. The molecule has 1 N–H and O–H groups in total. The molecular weight excluding hydrogens is 816 g/mol. The first-order valence-corrected chi connectivity index (χ1v) is 21.0. The predicted octanol–water partition coefficient (Wildman–Crippen LogP) is 10.8. The Morgan fingerprint density at radius 3 is 1.04 bits per heavy atom. The molecule has 4 fully saturated rings. The lowest BCUT2D eigenvalue weighted by Gasteiger charge is -2.44. The molecule has 0 saturated carbocycles. The zero-order valence-corrected chi connectivity index (χ0v) is 39.0. The molecule has 0 aromatic rings. The highest BCUT2D eigenvalue weighted by Gasteiger charge is 2.45. The average Bonchev–Trinajstić information content (AvgIpc) is 2.91. The maximum atomic E-state index is 11.6. The Morgan fingerprint density at radius 2 is 0.807 bits per heavy atom. The van der Waals surface area contributed by atoms with Gasteiger partial charge in [0, 0.05) is 17.8 Å². The van der Waals surface area contributed by atoms with Gasteiger partial charge < -0.3 is 29.6 Å². The molecule has 0 aromatic carbocycles. The van der Waals surface area contributed by atoms with Crippen LogP contribution < -0.4 is 0 Å². The fraction of sp³-hybridized carbons (Fsp3) is 0.886. The topological polar surface area (TPSA) is 162 Å². The Bertz CT molecular complexity index is 1300. The van der Waals surface area contributed by atoms with Gasteiger partial charge in [-0.15, -0.1) is 0 Å². The number of ether oxygens (including phenoxy) is 4. The van der Waals surface area contributed by atoms with Crippen LogP contribution in [0.4, 0.5) is 0 Å². The van der Waals surface area contributed by atoms with Crippen molar-refractivity contribution in [2.24, 2.45) is 23.7 Å². The summed E-state index contributed by atoms with van der Waals surface area (Å²) in [6.07, 6.45) is 6.64. The molecule has 4 rings (SSSR count). The van der Waals surface area contributed by atoms with Gasteiger partial charge in [0.2, 0.25) is 11.0 Å². The maximum Gasteiger partial charge on any atom is 0.323 e. The summed E-state index contributed by atoms with van der Waals surface area (Å²) in [5.74, 6) is -0.812. The van der Waals surface area contributed by atoms with E-state index >= 15 is 0 Å². The van der Waals surface area contributed by atoms with E-state index in [1.807, 2.05) is 83.1 Å². The van der Waals surface area contributed by atoms with Crippen LogP contribution in [0.2, 0.25) is 0 Å². The number of nitrogens with zero attached hydrogens (tertiary/aromatic N) is 2. The molecule has 0 radical (unpaired) electrons. The monoisotopic (exact) mass is 894 g/mol. The van der Waals surface area contributed by atoms with E-state index in [1.54, 1.807) is 0 Å². The lowest BCUT2D eigenvalue weighted by Crippen LogP contribution is -2.47. The van der Waals surface area contributed by atoms with Crippen LogP contribution in [0.25, 0.3) is 5.53 Å². The molecule has 13 heteroatoms. The van der Waals surface area contributed by atoms with Gasteiger partial charge in [0.25, 0.3) is 0 Å². The normalized spacial score (nSPS) is 25.2. The first kappa shape index (κ1) is 57.6. The van der Waals surface area contributed by atoms with Crippen LogP contribution in [-0.2, 0) is 38.1 Å². The Hall–Kier alpha value is -1.53. The summed E-state index contributed by atoms with van der Waals surface area (Å²) in [5, 5.41) is 9.18. The van der Waals surface area contributed by atoms with Gasteiger partial charge in [0.1, 0.15) is 5.78 Å². The largest absolute Gasteiger partial charge is 0.481 e. The summed E-state index contributed by atoms with van der Waals surface area (Å²) >= 11 is 8.75. The Labute approximate surface area is 359 Å². The molecule has 4 aliphatic rings. The Balaban J connectivity index is 0. The second kappa shape index (κ2) is 21.3. The maximum absolute atomic E-state index is 11.6. The number of rotatable bonds is 6. The molecule has 11 nitrogen and oxygen atoms in total. The van der Waals surface area contributed by atoms with Gasteiger partial charge in [-0.05, 0) is 174 Å². The molecule has 0 amide bonds. The average molecular weight is 896 g/mol. The molecule has 4 aliphatic heterocycles. The standard InChI is InChI=1S/C11H19BrO2.C11H18N2O2.C10H17ClO2.C10H18O3.2CH4/c1-10(2)5-8(9(13)7-12)6-11(3,4)14-10;1-10(2)5-8(9(14)7-13-12)6-11(3,4)15-10;2*1-9(2)5-7(8(11)12)6-10(3,4)13-9;;/h8H,5-7H2,1-4H3;7-8H,5-6H2,1-4H3;7H,5-6H2,1-4H3;7H,5-6H2,1-4H3,(H,11,12);2*1H4. The number of Topliss-reactive ketones (excluding diaryl/α,β-unsaturated/α-hetero) is 2. The molecule has 0 aliphatic carbocycles. The van der Waals surface area contributed by atoms with E-state index in [2.05, 4.69) is 48.4 Å². The van der Waals surface area contributed by atoms with Gasteiger partial charge in [-0.3, -0.25) is 19.2 Å². The SMILES string of the molecule is C.C.CC1(C)CC(C(=O)C=[N+]=[N-])CC(C)(C)O1.CC1(C)CC(C(=O)CBr)CC(C)(C)O1.CC1(C)CC(C(=O)Cl)CC(C)(C)O1.CC1(C)CC(C(=O)O)CC(C)(C)O1. The molecule has 334 valence electrons. The molecule has 0 bridgehead atoms. The van der Waals surface area contributed by atoms with Gasteiger partial charge >= 0.3 is 12.2 Å². The zero-order valence-electron chi connectivity index (χ0n) is 36.6. The highest BCUT2D eigenvalue weighted by molar-refractivity contribution is 9.09. The van der Waals surface area contributed by atoms with Gasteiger partial charge in [-0.2, -0.15) is 4.79 Å². The molecule has 57 heavy (non-hydrogen) atoms. The Kier molecular flexibility index (Phi) is 21.5. The van der Waals surface area contributed by atoms with Crippen molar-refractivity contribution < 1.29 is 48.0 Å². The fourth-order valence-electron chi connectivity index (χ4n) is 9.40.